The third-order valence-corrected chi connectivity index (χ3v) is 5.10. The molecule has 1 N–H and O–H groups in total. The molecule has 1 saturated carbocycles. The van der Waals surface area contributed by atoms with Crippen molar-refractivity contribution in [3.63, 3.8) is 0 Å². The van der Waals surface area contributed by atoms with Crippen LogP contribution in [-0.2, 0) is 4.74 Å². The van der Waals surface area contributed by atoms with Gasteiger partial charge in [0.15, 0.2) is 0 Å². The summed E-state index contributed by atoms with van der Waals surface area (Å²) in [7, 11) is 0. The zero-order chi connectivity index (χ0) is 12.6. The Hall–Kier alpha value is -0.130. The minimum absolute atomic E-state index is 0.117. The van der Waals surface area contributed by atoms with E-state index in [1.54, 1.807) is 0 Å². The van der Waals surface area contributed by atoms with Gasteiger partial charge in [-0.05, 0) is 78.3 Å². The van der Waals surface area contributed by atoms with E-state index in [4.69, 9.17) is 4.74 Å². The van der Waals surface area contributed by atoms with Crippen molar-refractivity contribution in [2.45, 2.75) is 43.8 Å². The van der Waals surface area contributed by atoms with E-state index in [2.05, 4.69) is 34.7 Å². The Morgan fingerprint density at radius 3 is 2.89 bits per heavy atom. The van der Waals surface area contributed by atoms with Crippen molar-refractivity contribution in [2.75, 3.05) is 6.61 Å². The highest BCUT2D eigenvalue weighted by Crippen LogP contribution is 2.47. The van der Waals surface area contributed by atoms with Crippen LogP contribution in [0.2, 0.25) is 0 Å². The minimum Gasteiger partial charge on any atom is -0.388 e. The molecule has 1 saturated heterocycles. The molecule has 2 fully saturated rings. The summed E-state index contributed by atoms with van der Waals surface area (Å²) in [6, 6.07) is 8.22. The standard InChI is InChI=1S/C15H19IO2/c16-13-4-1-3-11(9-13)14(17)12-5-8-18-15(10-12)6-2-7-15/h1,3-4,9,12,14,17H,2,5-8,10H2. The van der Waals surface area contributed by atoms with Gasteiger partial charge in [-0.3, -0.25) is 0 Å². The van der Waals surface area contributed by atoms with E-state index in [1.807, 2.05) is 12.1 Å². The monoisotopic (exact) mass is 358 g/mol. The van der Waals surface area contributed by atoms with Crippen LogP contribution in [0.3, 0.4) is 0 Å². The Morgan fingerprint density at radius 1 is 1.39 bits per heavy atom. The molecule has 1 aromatic carbocycles. The lowest BCUT2D eigenvalue weighted by Crippen LogP contribution is -2.46. The van der Waals surface area contributed by atoms with E-state index in [-0.39, 0.29) is 11.7 Å². The highest BCUT2D eigenvalue weighted by molar-refractivity contribution is 14.1. The maximum absolute atomic E-state index is 10.6. The molecule has 3 heteroatoms. The predicted molar refractivity (Wildman–Crippen MR) is 79.4 cm³/mol. The van der Waals surface area contributed by atoms with Gasteiger partial charge in [-0.15, -0.1) is 0 Å². The summed E-state index contributed by atoms with van der Waals surface area (Å²) < 4.78 is 7.12. The van der Waals surface area contributed by atoms with Gasteiger partial charge < -0.3 is 9.84 Å². The first kappa shape index (κ1) is 12.9. The van der Waals surface area contributed by atoms with E-state index in [9.17, 15) is 5.11 Å². The molecule has 1 aliphatic heterocycles. The van der Waals surface area contributed by atoms with Gasteiger partial charge >= 0.3 is 0 Å². The van der Waals surface area contributed by atoms with Crippen molar-refractivity contribution in [1.82, 2.24) is 0 Å². The summed E-state index contributed by atoms with van der Waals surface area (Å²) in [4.78, 5) is 0. The van der Waals surface area contributed by atoms with Crippen LogP contribution in [0.5, 0.6) is 0 Å². The summed E-state index contributed by atoms with van der Waals surface area (Å²) in [5, 5.41) is 10.6. The van der Waals surface area contributed by atoms with Crippen LogP contribution in [0.4, 0.5) is 0 Å². The Morgan fingerprint density at radius 2 is 2.22 bits per heavy atom. The van der Waals surface area contributed by atoms with Crippen molar-refractivity contribution in [1.29, 1.82) is 0 Å². The number of hydrogen-bond donors (Lipinski definition) is 1. The Bertz CT molecular complexity index is 428. The maximum atomic E-state index is 10.6. The fourth-order valence-electron chi connectivity index (χ4n) is 3.22. The molecular formula is C15H19IO2. The predicted octanol–water partition coefficient (Wildman–Crippen LogP) is 3.67. The average molecular weight is 358 g/mol. The molecule has 18 heavy (non-hydrogen) atoms. The summed E-state index contributed by atoms with van der Waals surface area (Å²) in [5.74, 6) is 0.359. The molecule has 0 amide bonds. The normalized spacial score (nSPS) is 27.8. The molecule has 1 heterocycles. The first-order chi connectivity index (χ1) is 8.69. The highest BCUT2D eigenvalue weighted by Gasteiger charge is 2.44. The smallest absolute Gasteiger partial charge is 0.0820 e. The number of ether oxygens (including phenoxy) is 1. The zero-order valence-electron chi connectivity index (χ0n) is 10.4. The van der Waals surface area contributed by atoms with Gasteiger partial charge in [0.2, 0.25) is 0 Å². The van der Waals surface area contributed by atoms with Crippen LogP contribution in [0.1, 0.15) is 43.8 Å². The average Bonchev–Trinajstić information content (AvgIpc) is 2.36. The minimum atomic E-state index is -0.332. The lowest BCUT2D eigenvalue weighted by Gasteiger charge is -2.48. The van der Waals surface area contributed by atoms with Crippen molar-refractivity contribution < 1.29 is 9.84 Å². The quantitative estimate of drug-likeness (QED) is 0.818. The van der Waals surface area contributed by atoms with E-state index in [0.717, 1.165) is 25.0 Å². The SMILES string of the molecule is OC(c1cccc(I)c1)C1CCOC2(CCC2)C1. The van der Waals surface area contributed by atoms with Crippen molar-refractivity contribution in [3.8, 4) is 0 Å². The second-order valence-electron chi connectivity index (χ2n) is 5.64. The maximum Gasteiger partial charge on any atom is 0.0820 e. The molecule has 0 bridgehead atoms. The third kappa shape index (κ3) is 2.45. The summed E-state index contributed by atoms with van der Waals surface area (Å²) >= 11 is 2.30. The zero-order valence-corrected chi connectivity index (χ0v) is 12.6. The van der Waals surface area contributed by atoms with Gasteiger partial charge in [0.25, 0.3) is 0 Å². The van der Waals surface area contributed by atoms with Crippen LogP contribution in [-0.4, -0.2) is 17.3 Å². The van der Waals surface area contributed by atoms with Crippen molar-refractivity contribution >= 4 is 22.6 Å². The molecule has 1 aliphatic carbocycles. The van der Waals surface area contributed by atoms with Gasteiger partial charge in [0, 0.05) is 10.2 Å². The molecule has 0 radical (unpaired) electrons. The fraction of sp³-hybridized carbons (Fsp3) is 0.600. The molecule has 2 unspecified atom stereocenters. The van der Waals surface area contributed by atoms with Crippen LogP contribution in [0.15, 0.2) is 24.3 Å². The van der Waals surface area contributed by atoms with E-state index in [1.165, 1.54) is 22.8 Å². The second kappa shape index (κ2) is 5.10. The number of halogens is 1. The largest absolute Gasteiger partial charge is 0.388 e. The number of benzene rings is 1. The third-order valence-electron chi connectivity index (χ3n) is 4.43. The fourth-order valence-corrected chi connectivity index (χ4v) is 3.78. The van der Waals surface area contributed by atoms with Gasteiger partial charge in [-0.1, -0.05) is 12.1 Å². The molecule has 98 valence electrons. The molecule has 2 aliphatic rings. The number of aliphatic hydroxyl groups is 1. The lowest BCUT2D eigenvalue weighted by molar-refractivity contribution is -0.157. The van der Waals surface area contributed by atoms with E-state index in [0.29, 0.717) is 5.92 Å². The summed E-state index contributed by atoms with van der Waals surface area (Å²) in [6.45, 7) is 0.811. The topological polar surface area (TPSA) is 29.5 Å². The molecule has 0 aromatic heterocycles. The Balaban J connectivity index is 1.73. The van der Waals surface area contributed by atoms with E-state index >= 15 is 0 Å². The Kier molecular flexibility index (Phi) is 3.65. The number of hydrogen-bond acceptors (Lipinski definition) is 2. The number of rotatable bonds is 2. The molecule has 3 rings (SSSR count). The van der Waals surface area contributed by atoms with E-state index < -0.39 is 0 Å². The molecule has 2 nitrogen and oxygen atoms in total. The molecule has 1 spiro atoms. The molecule has 2 atom stereocenters. The Labute approximate surface area is 122 Å². The summed E-state index contributed by atoms with van der Waals surface area (Å²) in [5.41, 5.74) is 1.18. The van der Waals surface area contributed by atoms with Gasteiger partial charge in [0.05, 0.1) is 11.7 Å². The highest BCUT2D eigenvalue weighted by atomic mass is 127. The van der Waals surface area contributed by atoms with Gasteiger partial charge in [-0.2, -0.15) is 0 Å². The van der Waals surface area contributed by atoms with Crippen LogP contribution in [0.25, 0.3) is 0 Å². The van der Waals surface area contributed by atoms with Crippen molar-refractivity contribution in [2.24, 2.45) is 5.92 Å². The lowest BCUT2D eigenvalue weighted by atomic mass is 9.70. The second-order valence-corrected chi connectivity index (χ2v) is 6.88. The first-order valence-electron chi connectivity index (χ1n) is 6.76. The van der Waals surface area contributed by atoms with Crippen LogP contribution >= 0.6 is 22.6 Å². The summed E-state index contributed by atoms with van der Waals surface area (Å²) in [6.07, 6.45) is 5.33. The first-order valence-corrected chi connectivity index (χ1v) is 7.84. The molecule has 1 aromatic rings. The van der Waals surface area contributed by atoms with Crippen LogP contribution in [0, 0.1) is 9.49 Å². The van der Waals surface area contributed by atoms with Crippen LogP contribution < -0.4 is 0 Å². The number of aliphatic hydroxyl groups excluding tert-OH is 1. The van der Waals surface area contributed by atoms with Crippen molar-refractivity contribution in [3.05, 3.63) is 33.4 Å². The van der Waals surface area contributed by atoms with Gasteiger partial charge in [-0.25, -0.2) is 0 Å². The molecular weight excluding hydrogens is 339 g/mol. The van der Waals surface area contributed by atoms with Gasteiger partial charge in [0.1, 0.15) is 0 Å².